The maximum absolute atomic E-state index is 12.4. The van der Waals surface area contributed by atoms with Crippen molar-refractivity contribution in [2.24, 2.45) is 0 Å². The van der Waals surface area contributed by atoms with Gasteiger partial charge < -0.3 is 4.90 Å². The molecule has 25 heavy (non-hydrogen) atoms. The van der Waals surface area contributed by atoms with Crippen LogP contribution in [0.3, 0.4) is 0 Å². The lowest BCUT2D eigenvalue weighted by Gasteiger charge is -2.27. The maximum Gasteiger partial charge on any atom is 0.240 e. The molecule has 0 saturated carbocycles. The molecule has 1 fully saturated rings. The Morgan fingerprint density at radius 3 is 2.52 bits per heavy atom. The number of hydrogen-bond donors (Lipinski definition) is 1. The molecule has 1 amide bonds. The number of sulfone groups is 1. The average Bonchev–Trinajstić information content (AvgIpc) is 2.82. The standard InChI is InChI=1S/C16H24N2O5S2/c1-12-4-5-16(13(2)10-12)25(22,23)17-7-8-18(14(3)19)15-6-9-24(20,21)11-15/h4-5,10,15,17H,6-9,11H2,1-3H3. The highest BCUT2D eigenvalue weighted by Gasteiger charge is 2.33. The Bertz CT molecular complexity index is 863. The molecule has 0 bridgehead atoms. The van der Waals surface area contributed by atoms with Gasteiger partial charge in [-0.1, -0.05) is 17.7 Å². The molecule has 1 aliphatic heterocycles. The van der Waals surface area contributed by atoms with Gasteiger partial charge >= 0.3 is 0 Å². The molecule has 0 spiro atoms. The van der Waals surface area contributed by atoms with E-state index in [2.05, 4.69) is 4.72 Å². The van der Waals surface area contributed by atoms with E-state index >= 15 is 0 Å². The van der Waals surface area contributed by atoms with Crippen LogP contribution in [-0.4, -0.2) is 58.3 Å². The Morgan fingerprint density at radius 2 is 2.00 bits per heavy atom. The molecule has 0 aliphatic carbocycles. The molecule has 1 aromatic rings. The van der Waals surface area contributed by atoms with E-state index in [0.717, 1.165) is 5.56 Å². The molecular formula is C16H24N2O5S2. The topological polar surface area (TPSA) is 101 Å². The summed E-state index contributed by atoms with van der Waals surface area (Å²) in [7, 11) is -6.79. The smallest absolute Gasteiger partial charge is 0.240 e. The van der Waals surface area contributed by atoms with E-state index in [9.17, 15) is 21.6 Å². The highest BCUT2D eigenvalue weighted by Crippen LogP contribution is 2.18. The molecule has 1 N–H and O–H groups in total. The molecule has 0 radical (unpaired) electrons. The van der Waals surface area contributed by atoms with Crippen molar-refractivity contribution >= 4 is 25.8 Å². The first-order valence-corrected chi connectivity index (χ1v) is 11.4. The van der Waals surface area contributed by atoms with E-state index < -0.39 is 19.9 Å². The first-order chi connectivity index (χ1) is 11.5. The lowest BCUT2D eigenvalue weighted by atomic mass is 10.2. The first kappa shape index (κ1) is 19.9. The van der Waals surface area contributed by atoms with Gasteiger partial charge in [0.15, 0.2) is 9.84 Å². The van der Waals surface area contributed by atoms with Gasteiger partial charge in [0.2, 0.25) is 15.9 Å². The fraction of sp³-hybridized carbons (Fsp3) is 0.562. The van der Waals surface area contributed by atoms with Gasteiger partial charge in [-0.2, -0.15) is 0 Å². The summed E-state index contributed by atoms with van der Waals surface area (Å²) in [4.78, 5) is 13.5. The summed E-state index contributed by atoms with van der Waals surface area (Å²) in [5, 5.41) is 0. The van der Waals surface area contributed by atoms with Crippen LogP contribution in [0, 0.1) is 13.8 Å². The summed E-state index contributed by atoms with van der Waals surface area (Å²) in [5.41, 5.74) is 1.62. The van der Waals surface area contributed by atoms with Crippen molar-refractivity contribution in [2.75, 3.05) is 24.6 Å². The van der Waals surface area contributed by atoms with E-state index in [1.807, 2.05) is 6.92 Å². The van der Waals surface area contributed by atoms with Gasteiger partial charge in [0.05, 0.1) is 16.4 Å². The summed E-state index contributed by atoms with van der Waals surface area (Å²) in [6.07, 6.45) is 0.395. The number of benzene rings is 1. The maximum atomic E-state index is 12.4. The van der Waals surface area contributed by atoms with Crippen LogP contribution in [0.5, 0.6) is 0 Å². The highest BCUT2D eigenvalue weighted by molar-refractivity contribution is 7.91. The predicted molar refractivity (Wildman–Crippen MR) is 95.6 cm³/mol. The third-order valence-corrected chi connectivity index (χ3v) is 7.69. The SMILES string of the molecule is CC(=O)N(CCNS(=O)(=O)c1ccc(C)cc1C)C1CCS(=O)(=O)C1. The molecular weight excluding hydrogens is 364 g/mol. The number of rotatable bonds is 6. The molecule has 1 unspecified atom stereocenters. The minimum absolute atomic E-state index is 0.0335. The minimum atomic E-state index is -3.68. The summed E-state index contributed by atoms with van der Waals surface area (Å²) < 4.78 is 50.6. The molecule has 9 heteroatoms. The predicted octanol–water partition coefficient (Wildman–Crippen LogP) is 0.617. The highest BCUT2D eigenvalue weighted by atomic mass is 32.2. The largest absolute Gasteiger partial charge is 0.338 e. The van der Waals surface area contributed by atoms with Gasteiger partial charge in [-0.3, -0.25) is 4.79 Å². The Kier molecular flexibility index (Phi) is 5.90. The fourth-order valence-electron chi connectivity index (χ4n) is 3.10. The number of amides is 1. The van der Waals surface area contributed by atoms with Gasteiger partial charge in [0.25, 0.3) is 0 Å². The number of hydrogen-bond acceptors (Lipinski definition) is 5. The van der Waals surface area contributed by atoms with Crippen molar-refractivity contribution in [3.63, 3.8) is 0 Å². The fourth-order valence-corrected chi connectivity index (χ4v) is 6.07. The van der Waals surface area contributed by atoms with E-state index in [0.29, 0.717) is 12.0 Å². The van der Waals surface area contributed by atoms with Gasteiger partial charge in [-0.05, 0) is 31.9 Å². The van der Waals surface area contributed by atoms with Crippen molar-refractivity contribution in [3.8, 4) is 0 Å². The number of aryl methyl sites for hydroxylation is 2. The Labute approximate surface area is 149 Å². The quantitative estimate of drug-likeness (QED) is 0.770. The zero-order valence-corrected chi connectivity index (χ0v) is 16.3. The van der Waals surface area contributed by atoms with Gasteiger partial charge in [-0.15, -0.1) is 0 Å². The molecule has 0 aromatic heterocycles. The zero-order chi connectivity index (χ0) is 18.8. The summed E-state index contributed by atoms with van der Waals surface area (Å²) >= 11 is 0. The van der Waals surface area contributed by atoms with Crippen LogP contribution in [0.2, 0.25) is 0 Å². The van der Waals surface area contributed by atoms with Crippen molar-refractivity contribution in [2.45, 2.75) is 38.1 Å². The van der Waals surface area contributed by atoms with E-state index in [1.54, 1.807) is 25.1 Å². The summed E-state index contributed by atoms with van der Waals surface area (Å²) in [6, 6.07) is 4.69. The lowest BCUT2D eigenvalue weighted by Crippen LogP contribution is -2.44. The third-order valence-electron chi connectivity index (χ3n) is 4.32. The van der Waals surface area contributed by atoms with Gasteiger partial charge in [0.1, 0.15) is 0 Å². The molecule has 2 rings (SSSR count). The lowest BCUT2D eigenvalue weighted by molar-refractivity contribution is -0.130. The summed E-state index contributed by atoms with van der Waals surface area (Å²) in [5.74, 6) is -0.251. The number of nitrogens with zero attached hydrogens (tertiary/aromatic N) is 1. The molecule has 1 heterocycles. The average molecular weight is 389 g/mol. The van der Waals surface area contributed by atoms with Gasteiger partial charge in [-0.25, -0.2) is 21.6 Å². The third kappa shape index (κ3) is 5.02. The second-order valence-corrected chi connectivity index (χ2v) is 10.4. The second kappa shape index (κ2) is 7.43. The van der Waals surface area contributed by atoms with Crippen LogP contribution in [0.1, 0.15) is 24.5 Å². The van der Waals surface area contributed by atoms with Crippen LogP contribution < -0.4 is 4.72 Å². The molecule has 1 aromatic carbocycles. The number of carbonyl (C=O) groups excluding carboxylic acids is 1. The zero-order valence-electron chi connectivity index (χ0n) is 14.6. The monoisotopic (exact) mass is 388 g/mol. The molecule has 1 saturated heterocycles. The Hall–Kier alpha value is -1.45. The number of carbonyl (C=O) groups is 1. The van der Waals surface area contributed by atoms with Crippen LogP contribution in [0.4, 0.5) is 0 Å². The second-order valence-electron chi connectivity index (χ2n) is 6.44. The summed E-state index contributed by atoms with van der Waals surface area (Å²) in [6.45, 7) is 5.15. The van der Waals surface area contributed by atoms with Crippen molar-refractivity contribution in [1.82, 2.24) is 9.62 Å². The van der Waals surface area contributed by atoms with Crippen LogP contribution in [0.15, 0.2) is 23.1 Å². The van der Waals surface area contributed by atoms with Crippen molar-refractivity contribution in [1.29, 1.82) is 0 Å². The molecule has 1 atom stereocenters. The minimum Gasteiger partial charge on any atom is -0.338 e. The van der Waals surface area contributed by atoms with Crippen molar-refractivity contribution < 1.29 is 21.6 Å². The van der Waals surface area contributed by atoms with Gasteiger partial charge in [0, 0.05) is 26.1 Å². The van der Waals surface area contributed by atoms with Crippen LogP contribution >= 0.6 is 0 Å². The van der Waals surface area contributed by atoms with Crippen LogP contribution in [0.25, 0.3) is 0 Å². The van der Waals surface area contributed by atoms with E-state index in [1.165, 1.54) is 11.8 Å². The Balaban J connectivity index is 2.03. The van der Waals surface area contributed by atoms with E-state index in [4.69, 9.17) is 0 Å². The molecule has 1 aliphatic rings. The van der Waals surface area contributed by atoms with Crippen LogP contribution in [-0.2, 0) is 24.7 Å². The Morgan fingerprint density at radius 1 is 1.32 bits per heavy atom. The number of nitrogens with one attached hydrogen (secondary N) is 1. The first-order valence-electron chi connectivity index (χ1n) is 8.06. The number of sulfonamides is 1. The molecule has 140 valence electrons. The normalized spacial score (nSPS) is 19.7. The van der Waals surface area contributed by atoms with E-state index in [-0.39, 0.29) is 41.4 Å². The molecule has 7 nitrogen and oxygen atoms in total. The van der Waals surface area contributed by atoms with Crippen molar-refractivity contribution in [3.05, 3.63) is 29.3 Å².